The first-order valence-electron chi connectivity index (χ1n) is 5.21. The highest BCUT2D eigenvalue weighted by molar-refractivity contribution is 5.71. The van der Waals surface area contributed by atoms with Crippen LogP contribution < -0.4 is 4.74 Å². The second kappa shape index (κ2) is 5.69. The van der Waals surface area contributed by atoms with Gasteiger partial charge in [0.15, 0.2) is 0 Å². The van der Waals surface area contributed by atoms with Gasteiger partial charge < -0.3 is 4.74 Å². The molecule has 0 aromatic carbocycles. The molecule has 0 bridgehead atoms. The van der Waals surface area contributed by atoms with Gasteiger partial charge in [-0.15, -0.1) is 0 Å². The van der Waals surface area contributed by atoms with Crippen LogP contribution in [0.2, 0.25) is 0 Å². The molecule has 5 nitrogen and oxygen atoms in total. The Morgan fingerprint density at radius 2 is 2.12 bits per heavy atom. The molecule has 0 saturated carbocycles. The number of rotatable bonds is 4. The Kier molecular flexibility index (Phi) is 3.75. The van der Waals surface area contributed by atoms with Crippen molar-refractivity contribution in [3.63, 3.8) is 0 Å². The van der Waals surface area contributed by atoms with Crippen molar-refractivity contribution in [3.05, 3.63) is 48.7 Å². The van der Waals surface area contributed by atoms with Gasteiger partial charge in [0.1, 0.15) is 0 Å². The summed E-state index contributed by atoms with van der Waals surface area (Å²) in [7, 11) is 0. The average molecular weight is 229 g/mol. The first-order valence-corrected chi connectivity index (χ1v) is 5.21. The Morgan fingerprint density at radius 1 is 1.18 bits per heavy atom. The van der Waals surface area contributed by atoms with Crippen molar-refractivity contribution in [2.75, 3.05) is 0 Å². The highest BCUT2D eigenvalue weighted by atomic mass is 16.5. The lowest BCUT2D eigenvalue weighted by molar-refractivity contribution is -0.134. The van der Waals surface area contributed by atoms with E-state index in [4.69, 9.17) is 4.74 Å². The first kappa shape index (κ1) is 11.2. The number of carbonyl (C=O) groups excluding carboxylic acids is 1. The molecular weight excluding hydrogens is 218 g/mol. The molecule has 0 radical (unpaired) electrons. The maximum atomic E-state index is 11.5. The lowest BCUT2D eigenvalue weighted by atomic mass is 10.2. The zero-order chi connectivity index (χ0) is 11.9. The number of esters is 1. The molecule has 0 saturated heterocycles. The van der Waals surface area contributed by atoms with Gasteiger partial charge in [-0.1, -0.05) is 6.07 Å². The third-order valence-electron chi connectivity index (χ3n) is 2.07. The minimum Gasteiger partial charge on any atom is -0.406 e. The van der Waals surface area contributed by atoms with Crippen LogP contribution in [0, 0.1) is 0 Å². The predicted molar refractivity (Wildman–Crippen MR) is 60.2 cm³/mol. The van der Waals surface area contributed by atoms with E-state index in [1.807, 2.05) is 18.2 Å². The van der Waals surface area contributed by atoms with Crippen molar-refractivity contribution < 1.29 is 9.53 Å². The van der Waals surface area contributed by atoms with Crippen LogP contribution in [0.25, 0.3) is 0 Å². The number of aryl methyl sites for hydroxylation is 1. The monoisotopic (exact) mass is 229 g/mol. The van der Waals surface area contributed by atoms with E-state index < -0.39 is 0 Å². The molecule has 0 unspecified atom stereocenters. The number of hydrogen-bond donors (Lipinski definition) is 0. The van der Waals surface area contributed by atoms with Crippen LogP contribution >= 0.6 is 0 Å². The molecule has 0 N–H and O–H groups in total. The Labute approximate surface area is 98.5 Å². The van der Waals surface area contributed by atoms with Gasteiger partial charge in [0.05, 0.1) is 12.6 Å². The molecule has 17 heavy (non-hydrogen) atoms. The topological polar surface area (TPSA) is 65.0 Å². The molecule has 86 valence electrons. The second-order valence-electron chi connectivity index (χ2n) is 3.34. The minimum absolute atomic E-state index is 0.221. The Hall–Kier alpha value is -2.30. The van der Waals surface area contributed by atoms with Crippen LogP contribution in [0.3, 0.4) is 0 Å². The Morgan fingerprint density at radius 3 is 2.82 bits per heavy atom. The standard InChI is InChI=1S/C12H11N3O2/c16-12(17-11-9-13-7-8-15-11)5-4-10-3-1-2-6-14-10/h1-3,6-9H,4-5H2. The number of nitrogens with zero attached hydrogens (tertiary/aromatic N) is 3. The van der Waals surface area contributed by atoms with E-state index in [0.29, 0.717) is 6.42 Å². The normalized spacial score (nSPS) is 9.88. The van der Waals surface area contributed by atoms with E-state index in [0.717, 1.165) is 5.69 Å². The van der Waals surface area contributed by atoms with Crippen LogP contribution in [-0.4, -0.2) is 20.9 Å². The molecule has 0 atom stereocenters. The summed E-state index contributed by atoms with van der Waals surface area (Å²) in [6.07, 6.45) is 6.92. The minimum atomic E-state index is -0.337. The SMILES string of the molecule is O=C(CCc1ccccn1)Oc1cnccn1. The van der Waals surface area contributed by atoms with E-state index in [-0.39, 0.29) is 18.3 Å². The van der Waals surface area contributed by atoms with Crippen molar-refractivity contribution in [1.82, 2.24) is 15.0 Å². The number of carbonyl (C=O) groups is 1. The molecule has 2 heterocycles. The van der Waals surface area contributed by atoms with Gasteiger partial charge in [-0.3, -0.25) is 14.8 Å². The van der Waals surface area contributed by atoms with Crippen LogP contribution in [0.5, 0.6) is 5.88 Å². The molecule has 2 aromatic heterocycles. The third kappa shape index (κ3) is 3.64. The third-order valence-corrected chi connectivity index (χ3v) is 2.07. The molecule has 0 aliphatic heterocycles. The number of pyridine rings is 1. The summed E-state index contributed by atoms with van der Waals surface area (Å²) in [5, 5.41) is 0. The van der Waals surface area contributed by atoms with E-state index in [1.54, 1.807) is 6.20 Å². The van der Waals surface area contributed by atoms with Crippen LogP contribution in [0.4, 0.5) is 0 Å². The molecule has 5 heteroatoms. The number of ether oxygens (including phenoxy) is 1. The summed E-state index contributed by atoms with van der Waals surface area (Å²) < 4.78 is 5.00. The quantitative estimate of drug-likeness (QED) is 0.741. The molecule has 2 aromatic rings. The largest absolute Gasteiger partial charge is 0.406 e. The van der Waals surface area contributed by atoms with Crippen LogP contribution in [0.15, 0.2) is 43.0 Å². The summed E-state index contributed by atoms with van der Waals surface area (Å²) in [5.41, 5.74) is 0.864. The maximum Gasteiger partial charge on any atom is 0.312 e. The zero-order valence-corrected chi connectivity index (χ0v) is 9.11. The summed E-state index contributed by atoms with van der Waals surface area (Å²) >= 11 is 0. The lowest BCUT2D eigenvalue weighted by Crippen LogP contribution is -2.10. The number of hydrogen-bond acceptors (Lipinski definition) is 5. The molecule has 0 spiro atoms. The van der Waals surface area contributed by atoms with Gasteiger partial charge in [0.25, 0.3) is 0 Å². The average Bonchev–Trinajstić information content (AvgIpc) is 2.39. The second-order valence-corrected chi connectivity index (χ2v) is 3.34. The lowest BCUT2D eigenvalue weighted by Gasteiger charge is -2.02. The highest BCUT2D eigenvalue weighted by Crippen LogP contribution is 2.04. The molecule has 2 rings (SSSR count). The zero-order valence-electron chi connectivity index (χ0n) is 9.11. The van der Waals surface area contributed by atoms with Gasteiger partial charge in [0, 0.05) is 30.7 Å². The molecule has 0 fully saturated rings. The summed E-state index contributed by atoms with van der Waals surface area (Å²) in [4.78, 5) is 23.2. The van der Waals surface area contributed by atoms with Gasteiger partial charge in [-0.25, -0.2) is 4.98 Å². The van der Waals surface area contributed by atoms with Crippen molar-refractivity contribution in [1.29, 1.82) is 0 Å². The van der Waals surface area contributed by atoms with Gasteiger partial charge in [-0.2, -0.15) is 0 Å². The van der Waals surface area contributed by atoms with Gasteiger partial charge in [-0.05, 0) is 12.1 Å². The van der Waals surface area contributed by atoms with Crippen molar-refractivity contribution in [2.24, 2.45) is 0 Å². The van der Waals surface area contributed by atoms with Crippen molar-refractivity contribution in [3.8, 4) is 5.88 Å². The Balaban J connectivity index is 1.83. The molecule has 0 aliphatic rings. The predicted octanol–water partition coefficient (Wildman–Crippen LogP) is 1.41. The highest BCUT2D eigenvalue weighted by Gasteiger charge is 2.06. The van der Waals surface area contributed by atoms with Crippen LogP contribution in [-0.2, 0) is 11.2 Å². The fourth-order valence-corrected chi connectivity index (χ4v) is 1.28. The van der Waals surface area contributed by atoms with Crippen molar-refractivity contribution in [2.45, 2.75) is 12.8 Å². The van der Waals surface area contributed by atoms with Gasteiger partial charge in [0.2, 0.25) is 5.88 Å². The van der Waals surface area contributed by atoms with Crippen molar-refractivity contribution >= 4 is 5.97 Å². The fourth-order valence-electron chi connectivity index (χ4n) is 1.28. The Bertz CT molecular complexity index is 474. The summed E-state index contributed by atoms with van der Waals surface area (Å²) in [6.45, 7) is 0. The smallest absolute Gasteiger partial charge is 0.312 e. The summed E-state index contributed by atoms with van der Waals surface area (Å²) in [5.74, 6) is -0.116. The van der Waals surface area contributed by atoms with E-state index in [9.17, 15) is 4.79 Å². The molecular formula is C12H11N3O2. The van der Waals surface area contributed by atoms with E-state index >= 15 is 0 Å². The number of aromatic nitrogens is 3. The molecule has 0 aliphatic carbocycles. The molecule has 0 amide bonds. The van der Waals surface area contributed by atoms with E-state index in [1.165, 1.54) is 18.6 Å². The maximum absolute atomic E-state index is 11.5. The van der Waals surface area contributed by atoms with Crippen LogP contribution in [0.1, 0.15) is 12.1 Å². The summed E-state index contributed by atoms with van der Waals surface area (Å²) in [6, 6.07) is 5.59. The van der Waals surface area contributed by atoms with E-state index in [2.05, 4.69) is 15.0 Å². The first-order chi connectivity index (χ1) is 8.34. The fraction of sp³-hybridized carbons (Fsp3) is 0.167. The van der Waals surface area contributed by atoms with Gasteiger partial charge >= 0.3 is 5.97 Å².